The van der Waals surface area contributed by atoms with Gasteiger partial charge in [-0.05, 0) is 27.4 Å². The van der Waals surface area contributed by atoms with Gasteiger partial charge in [0.1, 0.15) is 10.4 Å². The van der Waals surface area contributed by atoms with Gasteiger partial charge in [0.25, 0.3) is 0 Å². The summed E-state index contributed by atoms with van der Waals surface area (Å²) in [4.78, 5) is 12.6. The van der Waals surface area contributed by atoms with Crippen molar-refractivity contribution in [2.75, 3.05) is 12.5 Å². The largest absolute Gasteiger partial charge is 0.448 e. The van der Waals surface area contributed by atoms with Gasteiger partial charge < -0.3 is 4.42 Å². The van der Waals surface area contributed by atoms with E-state index in [1.807, 2.05) is 30.3 Å². The Morgan fingerprint density at radius 2 is 1.82 bits per heavy atom. The first kappa shape index (κ1) is 16.4. The van der Waals surface area contributed by atoms with E-state index in [1.54, 1.807) is 33.3 Å². The summed E-state index contributed by atoms with van der Waals surface area (Å²) in [7, 11) is -2.45. The Labute approximate surface area is 131 Å². The van der Waals surface area contributed by atoms with Crippen molar-refractivity contribution in [2.24, 2.45) is 5.41 Å². The number of para-hydroxylation sites is 1. The summed E-state index contributed by atoms with van der Waals surface area (Å²) < 4.78 is 18.0. The van der Waals surface area contributed by atoms with E-state index >= 15 is 0 Å². The lowest BCUT2D eigenvalue weighted by Crippen LogP contribution is -2.31. The predicted octanol–water partition coefficient (Wildman–Crippen LogP) is 3.12. The third-order valence-electron chi connectivity index (χ3n) is 3.10. The van der Waals surface area contributed by atoms with Crippen LogP contribution in [0.25, 0.3) is 11.0 Å². The normalized spacial score (nSPS) is 11.9. The van der Waals surface area contributed by atoms with Crippen LogP contribution in [0.3, 0.4) is 0 Å². The fraction of sp³-hybridized carbons (Fsp3) is 0.333. The van der Waals surface area contributed by atoms with E-state index in [1.165, 1.54) is 0 Å². The fourth-order valence-electron chi connectivity index (χ4n) is 1.91. The van der Waals surface area contributed by atoms with Gasteiger partial charge in [-0.3, -0.25) is 9.00 Å². The monoisotopic (exact) mass is 316 g/mol. The summed E-state index contributed by atoms with van der Waals surface area (Å²) in [5.74, 6) is 5.90. The molecule has 3 nitrogen and oxygen atoms in total. The second-order valence-electron chi connectivity index (χ2n) is 6.54. The summed E-state index contributed by atoms with van der Waals surface area (Å²) in [6.45, 7) is 5.39. The van der Waals surface area contributed by atoms with E-state index in [2.05, 4.69) is 11.8 Å². The van der Waals surface area contributed by atoms with E-state index in [9.17, 15) is 9.00 Å². The first-order valence-corrected chi connectivity index (χ1v) is 9.33. The van der Waals surface area contributed by atoms with Gasteiger partial charge in [-0.25, -0.2) is 0 Å². The topological polar surface area (TPSA) is 47.3 Å². The Hall–Kier alpha value is -1.99. The Balaban J connectivity index is 2.51. The molecule has 0 spiro atoms. The summed E-state index contributed by atoms with van der Waals surface area (Å²) in [6, 6.07) is 9.40. The molecule has 0 bridgehead atoms. The van der Waals surface area contributed by atoms with E-state index < -0.39 is 14.9 Å². The average Bonchev–Trinajstić information content (AvgIpc) is 2.78. The molecule has 2 aromatic rings. The summed E-state index contributed by atoms with van der Waals surface area (Å²) in [6.07, 6.45) is 3.08. The number of carbonyl (C=O) groups excluding carboxylic acids is 1. The van der Waals surface area contributed by atoms with Gasteiger partial charge >= 0.3 is 0 Å². The number of hydrogen-bond donors (Lipinski definition) is 0. The minimum Gasteiger partial charge on any atom is -0.448 e. The molecule has 1 aromatic heterocycles. The number of furan rings is 1. The smallest absolute Gasteiger partial charge is 0.184 e. The van der Waals surface area contributed by atoms with Crippen molar-refractivity contribution in [3.63, 3.8) is 0 Å². The molecular formula is C18H20O3S. The highest BCUT2D eigenvalue weighted by atomic mass is 32.2. The highest BCUT2D eigenvalue weighted by Gasteiger charge is 2.27. The molecule has 0 saturated carbocycles. The van der Waals surface area contributed by atoms with Crippen LogP contribution in [0.15, 0.2) is 34.7 Å². The zero-order valence-electron chi connectivity index (χ0n) is 13.5. The second-order valence-corrected chi connectivity index (χ2v) is 9.41. The average molecular weight is 316 g/mol. The van der Waals surface area contributed by atoms with Crippen LogP contribution < -0.4 is 0 Å². The molecule has 116 valence electrons. The van der Waals surface area contributed by atoms with Gasteiger partial charge in [0, 0.05) is 29.4 Å². The lowest BCUT2D eigenvalue weighted by atomic mass is 9.89. The molecule has 2 rings (SSSR count). The molecule has 0 N–H and O–H groups in total. The maximum Gasteiger partial charge on any atom is 0.184 e. The van der Waals surface area contributed by atoms with Crippen LogP contribution in [0.5, 0.6) is 0 Å². The molecule has 1 heterocycles. The van der Waals surface area contributed by atoms with Crippen molar-refractivity contribution in [1.29, 1.82) is 0 Å². The van der Waals surface area contributed by atoms with Crippen LogP contribution in [-0.2, 0) is 14.3 Å². The number of hydrogen-bond acceptors (Lipinski definition) is 3. The van der Waals surface area contributed by atoms with E-state index in [4.69, 9.17) is 4.42 Å². The molecule has 0 fully saturated rings. The molecule has 0 aliphatic carbocycles. The highest BCUT2D eigenvalue weighted by molar-refractivity contribution is 8.02. The van der Waals surface area contributed by atoms with Crippen LogP contribution >= 0.6 is 0 Å². The first-order valence-electron chi connectivity index (χ1n) is 6.95. The Kier molecular flexibility index (Phi) is 4.21. The number of benzene rings is 1. The van der Waals surface area contributed by atoms with Gasteiger partial charge in [-0.15, -0.1) is 0 Å². The van der Waals surface area contributed by atoms with Gasteiger partial charge in [-0.1, -0.05) is 39.0 Å². The first-order chi connectivity index (χ1) is 10.1. The van der Waals surface area contributed by atoms with Gasteiger partial charge in [-0.2, -0.15) is 0 Å². The second kappa shape index (κ2) is 5.66. The maximum absolute atomic E-state index is 12.5. The van der Waals surface area contributed by atoms with Crippen LogP contribution in [0.1, 0.15) is 26.5 Å². The van der Waals surface area contributed by atoms with E-state index in [-0.39, 0.29) is 10.6 Å². The van der Waals surface area contributed by atoms with E-state index in [0.29, 0.717) is 5.76 Å². The van der Waals surface area contributed by atoms with Crippen molar-refractivity contribution in [1.82, 2.24) is 0 Å². The quantitative estimate of drug-likeness (QED) is 0.600. The lowest BCUT2D eigenvalue weighted by molar-refractivity contribution is -0.119. The molecular weight excluding hydrogens is 296 g/mol. The van der Waals surface area contributed by atoms with Crippen LogP contribution in [-0.4, -0.2) is 27.4 Å². The molecule has 4 heteroatoms. The molecule has 0 unspecified atom stereocenters. The third kappa shape index (κ3) is 3.61. The molecule has 0 radical (unpaired) electrons. The highest BCUT2D eigenvalue weighted by Crippen LogP contribution is 2.19. The minimum absolute atomic E-state index is 0.167. The van der Waals surface area contributed by atoms with Crippen molar-refractivity contribution >= 4 is 31.1 Å². The standard InChI is InChI=1S/C18H20O3S/c1-18(2,3)17(19)16(22(4,5)20)11-10-14-12-13-8-6-7-9-15(13)21-14/h6-9,12H,1-5H3. The summed E-state index contributed by atoms with van der Waals surface area (Å²) >= 11 is 0. The van der Waals surface area contributed by atoms with E-state index in [0.717, 1.165) is 11.0 Å². The predicted molar refractivity (Wildman–Crippen MR) is 92.6 cm³/mol. The van der Waals surface area contributed by atoms with Gasteiger partial charge in [0.15, 0.2) is 11.5 Å². The van der Waals surface area contributed by atoms with Crippen LogP contribution in [0, 0.1) is 17.3 Å². The van der Waals surface area contributed by atoms with Crippen molar-refractivity contribution < 1.29 is 13.4 Å². The molecule has 22 heavy (non-hydrogen) atoms. The van der Waals surface area contributed by atoms with Gasteiger partial charge in [0.05, 0.1) is 0 Å². The Bertz CT molecular complexity index is 864. The van der Waals surface area contributed by atoms with Gasteiger partial charge in [0.2, 0.25) is 0 Å². The number of ketones is 1. The van der Waals surface area contributed by atoms with Crippen LogP contribution in [0.2, 0.25) is 0 Å². The molecule has 0 atom stereocenters. The zero-order chi connectivity index (χ0) is 16.5. The number of rotatable bonds is 1. The fourth-order valence-corrected chi connectivity index (χ4v) is 2.95. The number of carbonyl (C=O) groups is 1. The third-order valence-corrected chi connectivity index (χ3v) is 4.37. The van der Waals surface area contributed by atoms with Crippen molar-refractivity contribution in [3.8, 4) is 11.8 Å². The SMILES string of the molecule is CC(C)(C)C(=O)C(C#Cc1cc2ccccc2o1)=S(C)(C)=O. The zero-order valence-corrected chi connectivity index (χ0v) is 14.3. The summed E-state index contributed by atoms with van der Waals surface area (Å²) in [5, 5.41) is 0.948. The lowest BCUT2D eigenvalue weighted by Gasteiger charge is -2.17. The molecule has 0 aliphatic rings. The minimum atomic E-state index is -2.45. The van der Waals surface area contributed by atoms with Crippen molar-refractivity contribution in [2.45, 2.75) is 20.8 Å². The molecule has 0 aliphatic heterocycles. The van der Waals surface area contributed by atoms with Crippen LogP contribution in [0.4, 0.5) is 0 Å². The Morgan fingerprint density at radius 3 is 2.36 bits per heavy atom. The maximum atomic E-state index is 12.5. The number of Topliss-reactive ketones (excluding diaryl/α,β-unsaturated/α-hetero) is 1. The summed E-state index contributed by atoms with van der Waals surface area (Å²) in [5.41, 5.74) is 0.122. The molecule has 1 aromatic carbocycles. The Morgan fingerprint density at radius 1 is 1.18 bits per heavy atom. The van der Waals surface area contributed by atoms with Crippen molar-refractivity contribution in [3.05, 3.63) is 36.1 Å². The molecule has 0 amide bonds. The molecule has 0 saturated heterocycles. The number of fused-ring (bicyclic) bond motifs is 1.